The van der Waals surface area contributed by atoms with Gasteiger partial charge in [-0.1, -0.05) is 78.6 Å². The van der Waals surface area contributed by atoms with E-state index < -0.39 is 12.2 Å². The zero-order chi connectivity index (χ0) is 20.0. The van der Waals surface area contributed by atoms with Crippen LogP contribution in [0.4, 0.5) is 9.59 Å². The lowest BCUT2D eigenvalue weighted by atomic mass is 10.1. The summed E-state index contributed by atoms with van der Waals surface area (Å²) in [5.41, 5.74) is 9.60. The van der Waals surface area contributed by atoms with Gasteiger partial charge in [-0.2, -0.15) is 0 Å². The number of unbranched alkanes of at least 4 members (excludes halogenated alkanes) is 9. The van der Waals surface area contributed by atoms with Gasteiger partial charge in [0.2, 0.25) is 0 Å². The van der Waals surface area contributed by atoms with Crippen LogP contribution in [0.25, 0.3) is 0 Å². The Hall–Kier alpha value is -1.46. The van der Waals surface area contributed by atoms with Crippen molar-refractivity contribution in [2.75, 3.05) is 13.2 Å². The van der Waals surface area contributed by atoms with Crippen LogP contribution < -0.4 is 11.5 Å². The SMILES string of the molecule is CC(C)CCCOC(N)=O.CCCCCCCCCCCCOC(N)=O. The molecule has 0 radical (unpaired) electrons. The molecule has 0 spiro atoms. The molecule has 0 aromatic rings. The highest BCUT2D eigenvalue weighted by Gasteiger charge is 1.96. The summed E-state index contributed by atoms with van der Waals surface area (Å²) in [5, 5.41) is 0. The Morgan fingerprint density at radius 3 is 1.46 bits per heavy atom. The largest absolute Gasteiger partial charge is 0.450 e. The number of carbonyl (C=O) groups is 2. The fourth-order valence-electron chi connectivity index (χ4n) is 2.43. The molecule has 0 aliphatic rings. The third kappa shape index (κ3) is 30.4. The molecular weight excluding hydrogens is 332 g/mol. The van der Waals surface area contributed by atoms with E-state index in [0.29, 0.717) is 19.1 Å². The smallest absolute Gasteiger partial charge is 0.404 e. The molecule has 0 aromatic carbocycles. The van der Waals surface area contributed by atoms with Crippen LogP contribution in [0.3, 0.4) is 0 Å². The van der Waals surface area contributed by atoms with Crippen LogP contribution in [0.1, 0.15) is 97.8 Å². The molecule has 0 saturated heterocycles. The second kappa shape index (κ2) is 21.6. The molecule has 0 aromatic heterocycles. The number of ether oxygens (including phenoxy) is 2. The second-order valence-electron chi connectivity index (χ2n) is 7.05. The second-order valence-corrected chi connectivity index (χ2v) is 7.05. The molecule has 156 valence electrons. The number of carbonyl (C=O) groups excluding carboxylic acids is 2. The molecule has 4 N–H and O–H groups in total. The quantitative estimate of drug-likeness (QED) is 0.368. The number of amides is 2. The lowest BCUT2D eigenvalue weighted by molar-refractivity contribution is 0.152. The molecule has 2 amide bonds. The van der Waals surface area contributed by atoms with Crippen molar-refractivity contribution in [1.29, 1.82) is 0 Å². The predicted octanol–water partition coefficient (Wildman–Crippen LogP) is 5.52. The van der Waals surface area contributed by atoms with Gasteiger partial charge in [0.05, 0.1) is 13.2 Å². The van der Waals surface area contributed by atoms with Gasteiger partial charge in [-0.3, -0.25) is 0 Å². The normalized spacial score (nSPS) is 10.2. The van der Waals surface area contributed by atoms with E-state index >= 15 is 0 Å². The molecule has 0 fully saturated rings. The van der Waals surface area contributed by atoms with Crippen molar-refractivity contribution in [3.05, 3.63) is 0 Å². The predicted molar refractivity (Wildman–Crippen MR) is 107 cm³/mol. The number of hydrogen-bond acceptors (Lipinski definition) is 4. The van der Waals surface area contributed by atoms with E-state index in [0.717, 1.165) is 25.7 Å². The fourth-order valence-corrected chi connectivity index (χ4v) is 2.43. The number of primary amides is 2. The van der Waals surface area contributed by atoms with E-state index in [-0.39, 0.29) is 0 Å². The topological polar surface area (TPSA) is 105 Å². The minimum atomic E-state index is -0.677. The summed E-state index contributed by atoms with van der Waals surface area (Å²) in [6, 6.07) is 0. The van der Waals surface area contributed by atoms with Crippen LogP contribution in [0, 0.1) is 5.92 Å². The van der Waals surface area contributed by atoms with Crippen molar-refractivity contribution < 1.29 is 19.1 Å². The zero-order valence-electron chi connectivity index (χ0n) is 17.3. The first kappa shape index (κ1) is 26.8. The maximum absolute atomic E-state index is 10.3. The standard InChI is InChI=1S/C13H27NO2.C7H15NO2/c1-2-3-4-5-6-7-8-9-10-11-12-16-13(14)15;1-6(2)4-3-5-10-7(8)9/h2-12H2,1H3,(H2,14,15);6H,3-5H2,1-2H3,(H2,8,9). The van der Waals surface area contributed by atoms with Gasteiger partial charge in [-0.05, 0) is 25.2 Å². The molecule has 0 heterocycles. The van der Waals surface area contributed by atoms with Gasteiger partial charge >= 0.3 is 12.2 Å². The van der Waals surface area contributed by atoms with Crippen molar-refractivity contribution >= 4 is 12.2 Å². The highest BCUT2D eigenvalue weighted by atomic mass is 16.5. The molecule has 0 unspecified atom stereocenters. The van der Waals surface area contributed by atoms with Crippen LogP contribution in [0.2, 0.25) is 0 Å². The van der Waals surface area contributed by atoms with E-state index in [1.165, 1.54) is 51.4 Å². The minimum absolute atomic E-state index is 0.452. The molecule has 0 aliphatic heterocycles. The van der Waals surface area contributed by atoms with Crippen molar-refractivity contribution in [2.24, 2.45) is 17.4 Å². The Balaban J connectivity index is 0. The van der Waals surface area contributed by atoms with Crippen molar-refractivity contribution in [2.45, 2.75) is 97.8 Å². The van der Waals surface area contributed by atoms with Gasteiger partial charge in [0.25, 0.3) is 0 Å². The summed E-state index contributed by atoms with van der Waals surface area (Å²) in [7, 11) is 0. The third-order valence-corrected chi connectivity index (χ3v) is 3.91. The molecule has 0 rings (SSSR count). The van der Waals surface area contributed by atoms with E-state index in [1.807, 2.05) is 0 Å². The van der Waals surface area contributed by atoms with E-state index in [2.05, 4.69) is 30.2 Å². The fraction of sp³-hybridized carbons (Fsp3) is 0.900. The van der Waals surface area contributed by atoms with Gasteiger partial charge in [-0.25, -0.2) is 9.59 Å². The summed E-state index contributed by atoms with van der Waals surface area (Å²) in [6.07, 6.45) is 13.5. The Labute approximate surface area is 160 Å². The number of rotatable bonds is 15. The van der Waals surface area contributed by atoms with Gasteiger partial charge in [0.15, 0.2) is 0 Å². The van der Waals surface area contributed by atoms with Crippen LogP contribution in [-0.2, 0) is 9.47 Å². The van der Waals surface area contributed by atoms with E-state index in [4.69, 9.17) is 11.5 Å². The Kier molecular flexibility index (Phi) is 22.2. The molecule has 0 aliphatic carbocycles. The number of hydrogen-bond donors (Lipinski definition) is 2. The highest BCUT2D eigenvalue weighted by Crippen LogP contribution is 2.10. The van der Waals surface area contributed by atoms with Crippen LogP contribution in [0.5, 0.6) is 0 Å². The van der Waals surface area contributed by atoms with Crippen LogP contribution in [-0.4, -0.2) is 25.4 Å². The van der Waals surface area contributed by atoms with Crippen molar-refractivity contribution in [3.8, 4) is 0 Å². The summed E-state index contributed by atoms with van der Waals surface area (Å²) >= 11 is 0. The highest BCUT2D eigenvalue weighted by molar-refractivity contribution is 5.64. The molecular formula is C20H42N2O4. The summed E-state index contributed by atoms with van der Waals surface area (Å²) in [6.45, 7) is 7.43. The summed E-state index contributed by atoms with van der Waals surface area (Å²) in [5.74, 6) is 0.663. The molecule has 26 heavy (non-hydrogen) atoms. The first-order chi connectivity index (χ1) is 12.4. The Morgan fingerprint density at radius 2 is 1.08 bits per heavy atom. The van der Waals surface area contributed by atoms with E-state index in [1.54, 1.807) is 0 Å². The Morgan fingerprint density at radius 1 is 0.692 bits per heavy atom. The summed E-state index contributed by atoms with van der Waals surface area (Å²) in [4.78, 5) is 20.3. The maximum atomic E-state index is 10.3. The van der Waals surface area contributed by atoms with Gasteiger partial charge in [-0.15, -0.1) is 0 Å². The van der Waals surface area contributed by atoms with Gasteiger partial charge in [0, 0.05) is 0 Å². The molecule has 0 saturated carbocycles. The maximum Gasteiger partial charge on any atom is 0.404 e. The monoisotopic (exact) mass is 374 g/mol. The lowest BCUT2D eigenvalue weighted by Gasteiger charge is -2.03. The lowest BCUT2D eigenvalue weighted by Crippen LogP contribution is -2.13. The third-order valence-electron chi connectivity index (χ3n) is 3.91. The molecule has 0 bridgehead atoms. The first-order valence-electron chi connectivity index (χ1n) is 10.2. The van der Waals surface area contributed by atoms with Crippen molar-refractivity contribution in [3.63, 3.8) is 0 Å². The van der Waals surface area contributed by atoms with E-state index in [9.17, 15) is 9.59 Å². The molecule has 6 heteroatoms. The van der Waals surface area contributed by atoms with Crippen LogP contribution in [0.15, 0.2) is 0 Å². The average Bonchev–Trinajstić information content (AvgIpc) is 2.56. The average molecular weight is 375 g/mol. The summed E-state index contributed by atoms with van der Waals surface area (Å²) < 4.78 is 9.18. The zero-order valence-corrected chi connectivity index (χ0v) is 17.3. The van der Waals surface area contributed by atoms with Gasteiger partial charge < -0.3 is 20.9 Å². The molecule has 6 nitrogen and oxygen atoms in total. The van der Waals surface area contributed by atoms with Crippen molar-refractivity contribution in [1.82, 2.24) is 0 Å². The van der Waals surface area contributed by atoms with Crippen LogP contribution >= 0.6 is 0 Å². The minimum Gasteiger partial charge on any atom is -0.450 e. The first-order valence-corrected chi connectivity index (χ1v) is 10.2. The Bertz CT molecular complexity index is 323. The van der Waals surface area contributed by atoms with Gasteiger partial charge in [0.1, 0.15) is 0 Å². The molecule has 0 atom stereocenters. The number of nitrogens with two attached hydrogens (primary N) is 2.